The first-order valence-electron chi connectivity index (χ1n) is 6.62. The first-order chi connectivity index (χ1) is 10.6. The highest BCUT2D eigenvalue weighted by atomic mass is 32.1. The number of nitrogens with one attached hydrogen (secondary N) is 2. The molecule has 0 spiro atoms. The molecule has 0 aromatic heterocycles. The second-order valence-corrected chi connectivity index (χ2v) is 5.02. The number of nitrogens with zero attached hydrogens (tertiary/aromatic N) is 1. The van der Waals surface area contributed by atoms with Crippen LogP contribution in [0.3, 0.4) is 0 Å². The average molecular weight is 315 g/mol. The van der Waals surface area contributed by atoms with Gasteiger partial charge in [-0.3, -0.25) is 5.43 Å². The number of aromatic hydroxyl groups is 1. The minimum Gasteiger partial charge on any atom is -0.507 e. The number of hydrogen-bond acceptors (Lipinski definition) is 4. The molecule has 0 saturated heterocycles. The summed E-state index contributed by atoms with van der Waals surface area (Å²) in [6.07, 6.45) is 1.47. The molecule has 0 aliphatic carbocycles. The van der Waals surface area contributed by atoms with Crippen LogP contribution in [0.5, 0.6) is 11.5 Å². The quantitative estimate of drug-likeness (QED) is 0.460. The van der Waals surface area contributed by atoms with Gasteiger partial charge in [-0.25, -0.2) is 0 Å². The zero-order valence-electron chi connectivity index (χ0n) is 12.3. The van der Waals surface area contributed by atoms with E-state index in [9.17, 15) is 5.11 Å². The van der Waals surface area contributed by atoms with E-state index < -0.39 is 0 Å². The molecule has 0 radical (unpaired) electrons. The summed E-state index contributed by atoms with van der Waals surface area (Å²) in [7, 11) is 1.56. The van der Waals surface area contributed by atoms with Crippen LogP contribution in [-0.4, -0.2) is 23.5 Å². The zero-order valence-corrected chi connectivity index (χ0v) is 13.1. The van der Waals surface area contributed by atoms with Gasteiger partial charge in [0.05, 0.1) is 13.3 Å². The lowest BCUT2D eigenvalue weighted by atomic mass is 10.2. The minimum absolute atomic E-state index is 0.115. The van der Waals surface area contributed by atoms with Gasteiger partial charge in [0.25, 0.3) is 0 Å². The third kappa shape index (κ3) is 4.46. The van der Waals surface area contributed by atoms with E-state index in [-0.39, 0.29) is 5.75 Å². The summed E-state index contributed by atoms with van der Waals surface area (Å²) in [5.41, 5.74) is 5.28. The molecule has 114 valence electrons. The van der Waals surface area contributed by atoms with Crippen LogP contribution in [0.15, 0.2) is 47.6 Å². The fraction of sp³-hybridized carbons (Fsp3) is 0.125. The van der Waals surface area contributed by atoms with Gasteiger partial charge in [0.15, 0.2) is 5.11 Å². The molecule has 0 fully saturated rings. The van der Waals surface area contributed by atoms with Gasteiger partial charge in [0.1, 0.15) is 11.5 Å². The molecule has 0 atom stereocenters. The highest BCUT2D eigenvalue weighted by Gasteiger charge is 2.01. The molecule has 0 amide bonds. The predicted octanol–water partition coefficient (Wildman–Crippen LogP) is 3.03. The largest absolute Gasteiger partial charge is 0.507 e. The van der Waals surface area contributed by atoms with Crippen molar-refractivity contribution in [3.63, 3.8) is 0 Å². The minimum atomic E-state index is 0.115. The van der Waals surface area contributed by atoms with Crippen LogP contribution in [0.4, 0.5) is 5.69 Å². The van der Waals surface area contributed by atoms with Gasteiger partial charge in [-0.1, -0.05) is 17.7 Å². The molecule has 0 unspecified atom stereocenters. The lowest BCUT2D eigenvalue weighted by Crippen LogP contribution is -2.23. The SMILES string of the molecule is COc1ccc(O)c(/C=N/NC(=S)Nc2ccc(C)cc2)c1. The fourth-order valence-electron chi connectivity index (χ4n) is 1.72. The molecule has 6 heteroatoms. The number of anilines is 1. The van der Waals surface area contributed by atoms with Crippen LogP contribution < -0.4 is 15.5 Å². The van der Waals surface area contributed by atoms with E-state index in [1.54, 1.807) is 25.3 Å². The van der Waals surface area contributed by atoms with Crippen molar-refractivity contribution in [2.24, 2.45) is 5.10 Å². The number of hydrogen-bond donors (Lipinski definition) is 3. The number of phenolic OH excluding ortho intramolecular Hbond substituents is 1. The van der Waals surface area contributed by atoms with Crippen molar-refractivity contribution < 1.29 is 9.84 Å². The summed E-state index contributed by atoms with van der Waals surface area (Å²) in [5.74, 6) is 0.753. The highest BCUT2D eigenvalue weighted by molar-refractivity contribution is 7.80. The van der Waals surface area contributed by atoms with E-state index in [0.29, 0.717) is 16.4 Å². The van der Waals surface area contributed by atoms with E-state index in [1.807, 2.05) is 31.2 Å². The van der Waals surface area contributed by atoms with Gasteiger partial charge in [-0.05, 0) is 49.5 Å². The summed E-state index contributed by atoms with van der Waals surface area (Å²) >= 11 is 5.14. The Kier molecular flexibility index (Phi) is 5.32. The van der Waals surface area contributed by atoms with Gasteiger partial charge in [0.2, 0.25) is 0 Å². The Balaban J connectivity index is 1.94. The highest BCUT2D eigenvalue weighted by Crippen LogP contribution is 2.20. The average Bonchev–Trinajstić information content (AvgIpc) is 2.51. The van der Waals surface area contributed by atoms with E-state index in [0.717, 1.165) is 5.69 Å². The van der Waals surface area contributed by atoms with Crippen LogP contribution >= 0.6 is 12.2 Å². The molecular weight excluding hydrogens is 298 g/mol. The van der Waals surface area contributed by atoms with Crippen LogP contribution in [0.1, 0.15) is 11.1 Å². The van der Waals surface area contributed by atoms with Crippen LogP contribution in [0.2, 0.25) is 0 Å². The number of hydrazone groups is 1. The summed E-state index contributed by atoms with van der Waals surface area (Å²) < 4.78 is 5.09. The molecule has 0 heterocycles. The van der Waals surface area contributed by atoms with Crippen molar-refractivity contribution in [1.29, 1.82) is 0 Å². The zero-order chi connectivity index (χ0) is 15.9. The van der Waals surface area contributed by atoms with Gasteiger partial charge in [-0.2, -0.15) is 5.10 Å². The van der Waals surface area contributed by atoms with Gasteiger partial charge < -0.3 is 15.2 Å². The molecule has 0 aliphatic heterocycles. The Hall–Kier alpha value is -2.60. The predicted molar refractivity (Wildman–Crippen MR) is 92.8 cm³/mol. The molecule has 0 aliphatic rings. The van der Waals surface area contributed by atoms with Crippen LogP contribution in [0, 0.1) is 6.92 Å². The number of ether oxygens (including phenoxy) is 1. The van der Waals surface area contributed by atoms with Crippen molar-refractivity contribution in [1.82, 2.24) is 5.43 Å². The summed E-state index contributed by atoms with van der Waals surface area (Å²) in [6, 6.07) is 12.7. The summed E-state index contributed by atoms with van der Waals surface area (Å²) in [5, 5.41) is 17.1. The number of phenols is 1. The second-order valence-electron chi connectivity index (χ2n) is 4.61. The van der Waals surface area contributed by atoms with E-state index in [4.69, 9.17) is 17.0 Å². The van der Waals surface area contributed by atoms with Crippen molar-refractivity contribution >= 4 is 29.2 Å². The molecule has 0 bridgehead atoms. The van der Waals surface area contributed by atoms with E-state index >= 15 is 0 Å². The standard InChI is InChI=1S/C16H17N3O2S/c1-11-3-5-13(6-4-11)18-16(22)19-17-10-12-9-14(21-2)7-8-15(12)20/h3-10,20H,1-2H3,(H2,18,19,22)/b17-10+. The third-order valence-corrected chi connectivity index (χ3v) is 3.11. The van der Waals surface area contributed by atoms with Crippen molar-refractivity contribution in [3.05, 3.63) is 53.6 Å². The monoisotopic (exact) mass is 315 g/mol. The van der Waals surface area contributed by atoms with Crippen molar-refractivity contribution in [2.45, 2.75) is 6.92 Å². The Labute approximate surface area is 134 Å². The maximum absolute atomic E-state index is 9.73. The molecule has 2 aromatic rings. The van der Waals surface area contributed by atoms with Crippen LogP contribution in [0.25, 0.3) is 0 Å². The van der Waals surface area contributed by atoms with Gasteiger partial charge in [0, 0.05) is 11.3 Å². The smallest absolute Gasteiger partial charge is 0.191 e. The van der Waals surface area contributed by atoms with E-state index in [1.165, 1.54) is 11.8 Å². The Morgan fingerprint density at radius 1 is 1.23 bits per heavy atom. The van der Waals surface area contributed by atoms with Gasteiger partial charge in [-0.15, -0.1) is 0 Å². The molecule has 2 rings (SSSR count). The Bertz CT molecular complexity index is 684. The molecule has 0 saturated carbocycles. The first kappa shape index (κ1) is 15.8. The molecule has 2 aromatic carbocycles. The number of aryl methyl sites for hydroxylation is 1. The van der Waals surface area contributed by atoms with Crippen molar-refractivity contribution in [2.75, 3.05) is 12.4 Å². The summed E-state index contributed by atoms with van der Waals surface area (Å²) in [6.45, 7) is 2.02. The molecule has 5 nitrogen and oxygen atoms in total. The molecule has 22 heavy (non-hydrogen) atoms. The van der Waals surface area contributed by atoms with E-state index in [2.05, 4.69) is 15.8 Å². The number of methoxy groups -OCH3 is 1. The fourth-order valence-corrected chi connectivity index (χ4v) is 1.89. The third-order valence-electron chi connectivity index (χ3n) is 2.91. The maximum Gasteiger partial charge on any atom is 0.191 e. The van der Waals surface area contributed by atoms with Gasteiger partial charge >= 0.3 is 0 Å². The second kappa shape index (κ2) is 7.42. The van der Waals surface area contributed by atoms with Crippen LogP contribution in [-0.2, 0) is 0 Å². The first-order valence-corrected chi connectivity index (χ1v) is 7.03. The lowest BCUT2D eigenvalue weighted by Gasteiger charge is -2.07. The number of benzene rings is 2. The maximum atomic E-state index is 9.73. The number of rotatable bonds is 4. The number of thiocarbonyl (C=S) groups is 1. The Morgan fingerprint density at radius 2 is 1.95 bits per heavy atom. The molecule has 3 N–H and O–H groups in total. The van der Waals surface area contributed by atoms with Crippen molar-refractivity contribution in [3.8, 4) is 11.5 Å². The normalized spacial score (nSPS) is 10.5. The molecular formula is C16H17N3O2S. The summed E-state index contributed by atoms with van der Waals surface area (Å²) in [4.78, 5) is 0. The Morgan fingerprint density at radius 3 is 2.64 bits per heavy atom. The lowest BCUT2D eigenvalue weighted by molar-refractivity contribution is 0.412. The topological polar surface area (TPSA) is 65.9 Å².